The van der Waals surface area contributed by atoms with Gasteiger partial charge in [-0.05, 0) is 56.7 Å². The molecule has 2 aliphatic carbocycles. The van der Waals surface area contributed by atoms with Gasteiger partial charge in [0, 0.05) is 17.2 Å². The van der Waals surface area contributed by atoms with Gasteiger partial charge in [-0.1, -0.05) is 31.0 Å². The Bertz CT molecular complexity index is 708. The number of pyridine rings is 1. The van der Waals surface area contributed by atoms with Crippen molar-refractivity contribution in [3.8, 4) is 11.3 Å². The maximum atomic E-state index is 2.53. The maximum absolute atomic E-state index is 2.53. The Morgan fingerprint density at radius 1 is 0.909 bits per heavy atom. The fourth-order valence-corrected chi connectivity index (χ4v) is 5.01. The third-order valence-corrected chi connectivity index (χ3v) is 6.03. The molecule has 1 heteroatoms. The van der Waals surface area contributed by atoms with E-state index in [1.54, 1.807) is 11.3 Å². The predicted molar refractivity (Wildman–Crippen MR) is 90.9 cm³/mol. The second-order valence-corrected chi connectivity index (χ2v) is 7.31. The molecule has 1 saturated carbocycles. The van der Waals surface area contributed by atoms with Crippen LogP contribution in [0.3, 0.4) is 0 Å². The summed E-state index contributed by atoms with van der Waals surface area (Å²) in [6, 6.07) is 13.5. The number of hydrogen-bond donors (Lipinski definition) is 0. The molecule has 0 unspecified atom stereocenters. The highest BCUT2D eigenvalue weighted by atomic mass is 15.0. The SMILES string of the molecule is Cc1ccccc1-c1ccc2c([n+]1C)C1(CCCC1)CCC2. The molecule has 0 bridgehead atoms. The second kappa shape index (κ2) is 5.22. The van der Waals surface area contributed by atoms with E-state index in [0.717, 1.165) is 0 Å². The van der Waals surface area contributed by atoms with Gasteiger partial charge in [-0.15, -0.1) is 0 Å². The molecule has 0 saturated heterocycles. The summed E-state index contributed by atoms with van der Waals surface area (Å²) in [7, 11) is 2.30. The summed E-state index contributed by atoms with van der Waals surface area (Å²) in [6.45, 7) is 2.22. The van der Waals surface area contributed by atoms with Crippen LogP contribution in [-0.2, 0) is 18.9 Å². The second-order valence-electron chi connectivity index (χ2n) is 7.31. The average molecular weight is 292 g/mol. The van der Waals surface area contributed by atoms with Crippen LogP contribution in [0.1, 0.15) is 55.3 Å². The van der Waals surface area contributed by atoms with Crippen LogP contribution >= 0.6 is 0 Å². The van der Waals surface area contributed by atoms with Crippen molar-refractivity contribution in [3.05, 3.63) is 53.2 Å². The van der Waals surface area contributed by atoms with Crippen molar-refractivity contribution >= 4 is 0 Å². The number of nitrogens with zero attached hydrogens (tertiary/aromatic N) is 1. The summed E-state index contributed by atoms with van der Waals surface area (Å²) in [5.74, 6) is 0. The van der Waals surface area contributed by atoms with Gasteiger partial charge in [0.1, 0.15) is 7.05 Å². The van der Waals surface area contributed by atoms with Gasteiger partial charge >= 0.3 is 0 Å². The van der Waals surface area contributed by atoms with Crippen LogP contribution in [0, 0.1) is 6.92 Å². The molecule has 2 aromatic rings. The van der Waals surface area contributed by atoms with Crippen molar-refractivity contribution in [1.82, 2.24) is 0 Å². The molecule has 1 nitrogen and oxygen atoms in total. The van der Waals surface area contributed by atoms with E-state index in [9.17, 15) is 0 Å². The van der Waals surface area contributed by atoms with Crippen LogP contribution in [0.4, 0.5) is 0 Å². The standard InChI is InChI=1S/C21H26N/c1-16-8-3-4-10-18(16)19-12-11-17-9-7-15-21(13-5-6-14-21)20(17)22(19)2/h3-4,8,10-12H,5-7,9,13-15H2,1-2H3/q+1. The zero-order valence-corrected chi connectivity index (χ0v) is 13.9. The first kappa shape index (κ1) is 14.0. The van der Waals surface area contributed by atoms with E-state index in [-0.39, 0.29) is 0 Å². The van der Waals surface area contributed by atoms with Crippen LogP contribution in [0.5, 0.6) is 0 Å². The molecular formula is C21H26N+. The number of hydrogen-bond acceptors (Lipinski definition) is 0. The molecule has 1 aromatic carbocycles. The van der Waals surface area contributed by atoms with Crippen LogP contribution in [-0.4, -0.2) is 0 Å². The summed E-state index contributed by atoms with van der Waals surface area (Å²) in [5.41, 5.74) is 7.86. The van der Waals surface area contributed by atoms with E-state index in [4.69, 9.17) is 0 Å². The highest BCUT2D eigenvalue weighted by molar-refractivity contribution is 5.61. The molecule has 1 aromatic heterocycles. The lowest BCUT2D eigenvalue weighted by atomic mass is 9.71. The third-order valence-electron chi connectivity index (χ3n) is 6.03. The van der Waals surface area contributed by atoms with Crippen LogP contribution in [0.25, 0.3) is 11.3 Å². The molecule has 1 fully saturated rings. The summed E-state index contributed by atoms with van der Waals surface area (Å²) >= 11 is 0. The number of aromatic nitrogens is 1. The van der Waals surface area contributed by atoms with E-state index < -0.39 is 0 Å². The minimum absolute atomic E-state index is 0.473. The Kier molecular flexibility index (Phi) is 3.32. The van der Waals surface area contributed by atoms with Gasteiger partial charge in [0.15, 0.2) is 5.69 Å². The lowest BCUT2D eigenvalue weighted by molar-refractivity contribution is -0.673. The molecule has 4 rings (SSSR count). The van der Waals surface area contributed by atoms with Gasteiger partial charge in [0.2, 0.25) is 5.69 Å². The zero-order valence-electron chi connectivity index (χ0n) is 13.9. The largest absolute Gasteiger partial charge is 0.212 e. The molecule has 0 N–H and O–H groups in total. The van der Waals surface area contributed by atoms with Crippen molar-refractivity contribution in [3.63, 3.8) is 0 Å². The van der Waals surface area contributed by atoms with Crippen molar-refractivity contribution in [2.45, 2.75) is 57.3 Å². The monoisotopic (exact) mass is 292 g/mol. The average Bonchev–Trinajstić information content (AvgIpc) is 2.97. The third kappa shape index (κ3) is 2.02. The van der Waals surface area contributed by atoms with E-state index in [0.29, 0.717) is 5.41 Å². The Morgan fingerprint density at radius 2 is 1.64 bits per heavy atom. The predicted octanol–water partition coefficient (Wildman–Crippen LogP) is 4.63. The lowest BCUT2D eigenvalue weighted by Crippen LogP contribution is -2.47. The zero-order chi connectivity index (χ0) is 15.2. The number of fused-ring (bicyclic) bond motifs is 2. The molecular weight excluding hydrogens is 266 g/mol. The topological polar surface area (TPSA) is 3.88 Å². The molecule has 0 atom stereocenters. The summed E-state index contributed by atoms with van der Waals surface area (Å²) < 4.78 is 2.53. The first-order valence-electron chi connectivity index (χ1n) is 8.80. The highest BCUT2D eigenvalue weighted by Gasteiger charge is 2.45. The smallest absolute Gasteiger partial charge is 0.198 e. The normalized spacial score (nSPS) is 19.4. The van der Waals surface area contributed by atoms with Crippen molar-refractivity contribution < 1.29 is 4.57 Å². The Hall–Kier alpha value is -1.63. The van der Waals surface area contributed by atoms with Crippen LogP contribution in [0.15, 0.2) is 36.4 Å². The summed E-state index contributed by atoms with van der Waals surface area (Å²) in [4.78, 5) is 0. The summed E-state index contributed by atoms with van der Waals surface area (Å²) in [6.07, 6.45) is 9.64. The fraction of sp³-hybridized carbons (Fsp3) is 0.476. The van der Waals surface area contributed by atoms with Gasteiger partial charge in [-0.3, -0.25) is 0 Å². The van der Waals surface area contributed by atoms with Crippen LogP contribution < -0.4 is 4.57 Å². The molecule has 0 radical (unpaired) electrons. The first-order chi connectivity index (χ1) is 10.7. The molecule has 114 valence electrons. The van der Waals surface area contributed by atoms with E-state index in [2.05, 4.69) is 54.9 Å². The lowest BCUT2D eigenvalue weighted by Gasteiger charge is -2.32. The van der Waals surface area contributed by atoms with Crippen molar-refractivity contribution in [2.75, 3.05) is 0 Å². The molecule has 22 heavy (non-hydrogen) atoms. The first-order valence-corrected chi connectivity index (χ1v) is 8.80. The fourth-order valence-electron chi connectivity index (χ4n) is 5.01. The Balaban J connectivity index is 1.92. The molecule has 2 aliphatic rings. The van der Waals surface area contributed by atoms with E-state index in [1.807, 2.05) is 0 Å². The molecule has 1 spiro atoms. The maximum Gasteiger partial charge on any atom is 0.212 e. The Labute approximate surface area is 134 Å². The molecule has 0 amide bonds. The van der Waals surface area contributed by atoms with Crippen molar-refractivity contribution in [1.29, 1.82) is 0 Å². The molecule has 1 heterocycles. The number of aryl methyl sites for hydroxylation is 2. The van der Waals surface area contributed by atoms with Gasteiger partial charge in [0.25, 0.3) is 0 Å². The number of benzene rings is 1. The minimum atomic E-state index is 0.473. The van der Waals surface area contributed by atoms with Gasteiger partial charge in [-0.25, -0.2) is 0 Å². The Morgan fingerprint density at radius 3 is 2.41 bits per heavy atom. The number of rotatable bonds is 1. The summed E-state index contributed by atoms with van der Waals surface area (Å²) in [5, 5.41) is 0. The van der Waals surface area contributed by atoms with E-state index >= 15 is 0 Å². The highest BCUT2D eigenvalue weighted by Crippen LogP contribution is 2.47. The van der Waals surface area contributed by atoms with Gasteiger partial charge in [-0.2, -0.15) is 4.57 Å². The van der Waals surface area contributed by atoms with Crippen LogP contribution in [0.2, 0.25) is 0 Å². The minimum Gasteiger partial charge on any atom is -0.198 e. The molecule has 0 aliphatic heterocycles. The quantitative estimate of drug-likeness (QED) is 0.674. The van der Waals surface area contributed by atoms with Gasteiger partial charge < -0.3 is 0 Å². The van der Waals surface area contributed by atoms with Crippen molar-refractivity contribution in [2.24, 2.45) is 7.05 Å². The van der Waals surface area contributed by atoms with E-state index in [1.165, 1.54) is 61.8 Å². The van der Waals surface area contributed by atoms with Gasteiger partial charge in [0.05, 0.1) is 5.41 Å².